The van der Waals surface area contributed by atoms with E-state index in [1.807, 2.05) is 43.3 Å². The number of carbonyl (C=O) groups is 4. The SMILES string of the molecule is Cc1ccccc1NC(=O)Nc1ccc(CNC(=O)C2=CCN(C(=O)CC(=O)O)[C@@H]2C2CCCCC2)cc1. The summed E-state index contributed by atoms with van der Waals surface area (Å²) >= 11 is 0. The Kier molecular flexibility index (Phi) is 8.78. The van der Waals surface area contributed by atoms with Gasteiger partial charge in [-0.15, -0.1) is 0 Å². The van der Waals surface area contributed by atoms with Crippen LogP contribution >= 0.6 is 0 Å². The van der Waals surface area contributed by atoms with Crippen LogP contribution < -0.4 is 16.0 Å². The van der Waals surface area contributed by atoms with Gasteiger partial charge < -0.3 is 26.0 Å². The summed E-state index contributed by atoms with van der Waals surface area (Å²) in [7, 11) is 0. The molecule has 4 amide bonds. The highest BCUT2D eigenvalue weighted by atomic mass is 16.4. The van der Waals surface area contributed by atoms with Gasteiger partial charge in [-0.1, -0.05) is 55.7 Å². The Hall–Kier alpha value is -4.14. The van der Waals surface area contributed by atoms with E-state index in [0.29, 0.717) is 11.3 Å². The first-order valence-electron chi connectivity index (χ1n) is 13.0. The maximum Gasteiger partial charge on any atom is 0.323 e. The van der Waals surface area contributed by atoms with E-state index in [1.165, 1.54) is 0 Å². The van der Waals surface area contributed by atoms with Crippen LogP contribution in [0.15, 0.2) is 60.2 Å². The molecule has 9 heteroatoms. The number of benzene rings is 2. The molecule has 4 N–H and O–H groups in total. The van der Waals surface area contributed by atoms with Crippen molar-refractivity contribution < 1.29 is 24.3 Å². The molecule has 1 atom stereocenters. The number of nitrogens with one attached hydrogen (secondary N) is 3. The molecular formula is C29H34N4O5. The Morgan fingerprint density at radius 1 is 0.947 bits per heavy atom. The lowest BCUT2D eigenvalue weighted by Crippen LogP contribution is -2.45. The Balaban J connectivity index is 1.34. The highest BCUT2D eigenvalue weighted by Gasteiger charge is 2.40. The number of nitrogens with zero attached hydrogens (tertiary/aromatic N) is 1. The molecule has 0 unspecified atom stereocenters. The second-order valence-corrected chi connectivity index (χ2v) is 9.89. The molecule has 0 spiro atoms. The lowest BCUT2D eigenvalue weighted by Gasteiger charge is -2.35. The topological polar surface area (TPSA) is 128 Å². The van der Waals surface area contributed by atoms with Gasteiger partial charge in [0.05, 0.1) is 6.04 Å². The summed E-state index contributed by atoms with van der Waals surface area (Å²) < 4.78 is 0. The van der Waals surface area contributed by atoms with Crippen LogP contribution in [0.3, 0.4) is 0 Å². The van der Waals surface area contributed by atoms with Crippen LogP contribution in [0, 0.1) is 12.8 Å². The molecule has 1 saturated carbocycles. The molecule has 9 nitrogen and oxygen atoms in total. The number of aliphatic carboxylic acids is 1. The predicted molar refractivity (Wildman–Crippen MR) is 145 cm³/mol. The molecule has 200 valence electrons. The Labute approximate surface area is 222 Å². The molecule has 38 heavy (non-hydrogen) atoms. The fraction of sp³-hybridized carbons (Fsp3) is 0.379. The van der Waals surface area contributed by atoms with Crippen LogP contribution in [0.5, 0.6) is 0 Å². The van der Waals surface area contributed by atoms with Crippen molar-refractivity contribution in [2.24, 2.45) is 5.92 Å². The third-order valence-corrected chi connectivity index (χ3v) is 7.20. The first kappa shape index (κ1) is 26.9. The first-order chi connectivity index (χ1) is 18.3. The lowest BCUT2D eigenvalue weighted by molar-refractivity contribution is -0.144. The summed E-state index contributed by atoms with van der Waals surface area (Å²) in [4.78, 5) is 50.8. The smallest absolute Gasteiger partial charge is 0.323 e. The minimum Gasteiger partial charge on any atom is -0.481 e. The fourth-order valence-corrected chi connectivity index (χ4v) is 5.26. The minimum atomic E-state index is -1.17. The zero-order chi connectivity index (χ0) is 27.1. The molecule has 2 aromatic rings. The lowest BCUT2D eigenvalue weighted by atomic mass is 9.81. The summed E-state index contributed by atoms with van der Waals surface area (Å²) in [5.74, 6) is -1.72. The molecule has 1 heterocycles. The number of anilines is 2. The first-order valence-corrected chi connectivity index (χ1v) is 13.0. The van der Waals surface area contributed by atoms with E-state index in [-0.39, 0.29) is 37.0 Å². The Bertz CT molecular complexity index is 1220. The van der Waals surface area contributed by atoms with Crippen LogP contribution in [-0.4, -0.2) is 46.4 Å². The number of rotatable bonds is 8. The van der Waals surface area contributed by atoms with Crippen molar-refractivity contribution in [2.75, 3.05) is 17.2 Å². The molecule has 1 fully saturated rings. The van der Waals surface area contributed by atoms with E-state index in [9.17, 15) is 19.2 Å². The number of carbonyl (C=O) groups excluding carboxylic acids is 3. The third kappa shape index (κ3) is 6.79. The molecule has 1 aliphatic heterocycles. The number of aryl methyl sites for hydroxylation is 1. The maximum absolute atomic E-state index is 13.2. The molecule has 0 radical (unpaired) electrons. The number of carboxylic acids is 1. The Morgan fingerprint density at radius 3 is 2.34 bits per heavy atom. The molecule has 0 saturated heterocycles. The minimum absolute atomic E-state index is 0.150. The number of hydrogen-bond acceptors (Lipinski definition) is 4. The van der Waals surface area contributed by atoms with Gasteiger partial charge in [-0.3, -0.25) is 14.4 Å². The molecule has 1 aliphatic carbocycles. The van der Waals surface area contributed by atoms with Gasteiger partial charge >= 0.3 is 12.0 Å². The van der Waals surface area contributed by atoms with E-state index in [1.54, 1.807) is 23.1 Å². The number of urea groups is 1. The molecule has 4 rings (SSSR count). The number of hydrogen-bond donors (Lipinski definition) is 4. The van der Waals surface area contributed by atoms with Gasteiger partial charge in [0, 0.05) is 30.0 Å². The number of amides is 4. The highest BCUT2D eigenvalue weighted by molar-refractivity contribution is 6.00. The van der Waals surface area contributed by atoms with Gasteiger partial charge in [-0.25, -0.2) is 4.79 Å². The van der Waals surface area contributed by atoms with Crippen molar-refractivity contribution in [1.82, 2.24) is 10.2 Å². The van der Waals surface area contributed by atoms with Gasteiger partial charge in [-0.2, -0.15) is 0 Å². The van der Waals surface area contributed by atoms with Crippen LogP contribution in [0.4, 0.5) is 16.2 Å². The average Bonchev–Trinajstić information content (AvgIpc) is 3.35. The van der Waals surface area contributed by atoms with Crippen LogP contribution in [-0.2, 0) is 20.9 Å². The van der Waals surface area contributed by atoms with E-state index in [4.69, 9.17) is 5.11 Å². The van der Waals surface area contributed by atoms with Gasteiger partial charge in [0.15, 0.2) is 0 Å². The van der Waals surface area contributed by atoms with Gasteiger partial charge in [0.2, 0.25) is 11.8 Å². The summed E-state index contributed by atoms with van der Waals surface area (Å²) in [6, 6.07) is 14.0. The largest absolute Gasteiger partial charge is 0.481 e. The summed E-state index contributed by atoms with van der Waals surface area (Å²) in [6.45, 7) is 2.45. The second-order valence-electron chi connectivity index (χ2n) is 9.89. The fourth-order valence-electron chi connectivity index (χ4n) is 5.26. The summed E-state index contributed by atoms with van der Waals surface area (Å²) in [5, 5.41) is 17.7. The van der Waals surface area contributed by atoms with Gasteiger partial charge in [0.1, 0.15) is 6.42 Å². The predicted octanol–water partition coefficient (Wildman–Crippen LogP) is 4.45. The van der Waals surface area contributed by atoms with E-state index in [2.05, 4.69) is 16.0 Å². The monoisotopic (exact) mass is 518 g/mol. The van der Waals surface area contributed by atoms with E-state index in [0.717, 1.165) is 48.9 Å². The van der Waals surface area contributed by atoms with Crippen molar-refractivity contribution in [3.05, 3.63) is 71.3 Å². The van der Waals surface area contributed by atoms with Crippen molar-refractivity contribution in [1.29, 1.82) is 0 Å². The highest BCUT2D eigenvalue weighted by Crippen LogP contribution is 2.35. The van der Waals surface area contributed by atoms with Crippen molar-refractivity contribution in [2.45, 2.75) is 58.0 Å². The molecule has 2 aliphatic rings. The average molecular weight is 519 g/mol. The van der Waals surface area contributed by atoms with Crippen molar-refractivity contribution >= 4 is 35.2 Å². The maximum atomic E-state index is 13.2. The van der Waals surface area contributed by atoms with Crippen LogP contribution in [0.25, 0.3) is 0 Å². The molecule has 0 aromatic heterocycles. The van der Waals surface area contributed by atoms with E-state index >= 15 is 0 Å². The zero-order valence-electron chi connectivity index (χ0n) is 21.5. The Morgan fingerprint density at radius 2 is 1.66 bits per heavy atom. The number of para-hydroxylation sites is 1. The van der Waals surface area contributed by atoms with E-state index < -0.39 is 18.3 Å². The van der Waals surface area contributed by atoms with Gasteiger partial charge in [-0.05, 0) is 55.0 Å². The second kappa shape index (κ2) is 12.4. The molecule has 2 aromatic carbocycles. The summed E-state index contributed by atoms with van der Waals surface area (Å²) in [5.41, 5.74) is 3.72. The number of carboxylic acid groups (broad SMARTS) is 1. The normalized spacial score (nSPS) is 17.4. The van der Waals surface area contributed by atoms with Crippen LogP contribution in [0.1, 0.15) is 49.7 Å². The molecular weight excluding hydrogens is 484 g/mol. The van der Waals surface area contributed by atoms with Crippen molar-refractivity contribution in [3.63, 3.8) is 0 Å². The van der Waals surface area contributed by atoms with Gasteiger partial charge in [0.25, 0.3) is 0 Å². The zero-order valence-corrected chi connectivity index (χ0v) is 21.5. The molecule has 0 bridgehead atoms. The quantitative estimate of drug-likeness (QED) is 0.384. The summed E-state index contributed by atoms with van der Waals surface area (Å²) in [6.07, 6.45) is 6.23. The van der Waals surface area contributed by atoms with Crippen molar-refractivity contribution in [3.8, 4) is 0 Å². The third-order valence-electron chi connectivity index (χ3n) is 7.20. The van der Waals surface area contributed by atoms with Crippen LogP contribution in [0.2, 0.25) is 0 Å². The standard InChI is InChI=1S/C29H34N4O5/c1-19-7-5-6-10-24(19)32-29(38)31-22-13-11-20(12-14-22)18-30-28(37)23-15-16-33(25(34)17-26(35)36)27(23)21-8-3-2-4-9-21/h5-7,10-15,21,27H,2-4,8-9,16-18H2,1H3,(H,30,37)(H,35,36)(H2,31,32,38)/t27-/m1/s1.